The summed E-state index contributed by atoms with van der Waals surface area (Å²) < 4.78 is 52.2. The first-order valence-electron chi connectivity index (χ1n) is 2.50. The van der Waals surface area contributed by atoms with Gasteiger partial charge in [0, 0.05) is 0 Å². The highest BCUT2D eigenvalue weighted by atomic mass is 32.2. The summed E-state index contributed by atoms with van der Waals surface area (Å²) in [6.07, 6.45) is 0. The summed E-state index contributed by atoms with van der Waals surface area (Å²) in [5.74, 6) is -0.714. The highest BCUT2D eigenvalue weighted by Gasteiger charge is 2.03. The molecule has 68 valence electrons. The summed E-state index contributed by atoms with van der Waals surface area (Å²) in [5, 5.41) is 0. The molecule has 0 aliphatic heterocycles. The van der Waals surface area contributed by atoms with E-state index in [1.807, 2.05) is 0 Å². The minimum absolute atomic E-state index is 0.357. The Morgan fingerprint density at radius 1 is 0.909 bits per heavy atom. The normalized spacial score (nSPS) is 11.5. The average molecular weight is 194 g/mol. The first-order chi connectivity index (χ1) is 5.13. The molecule has 0 radical (unpaired) electrons. The summed E-state index contributed by atoms with van der Waals surface area (Å²) in [5.41, 5.74) is 0. The maximum Gasteiger partial charge on any atom is 0.346 e. The van der Waals surface area contributed by atoms with Gasteiger partial charge in [-0.1, -0.05) is 0 Å². The van der Waals surface area contributed by atoms with Gasteiger partial charge in [0.2, 0.25) is 0 Å². The molecule has 0 bridgehead atoms. The maximum atomic E-state index is 11.2. The van der Waals surface area contributed by atoms with Gasteiger partial charge in [-0.15, -0.1) is 11.8 Å². The predicted molar refractivity (Wildman–Crippen MR) is 31.5 cm³/mol. The lowest BCUT2D eigenvalue weighted by Crippen LogP contribution is -2.02. The second-order valence-corrected chi connectivity index (χ2v) is 2.17. The van der Waals surface area contributed by atoms with Gasteiger partial charge in [0.25, 0.3) is 0 Å². The minimum atomic E-state index is -2.87. The molecule has 0 unspecified atom stereocenters. The number of hydrogen-bond acceptors (Lipinski definition) is 3. The predicted octanol–water partition coefficient (Wildman–Crippen LogP) is 2.11. The van der Waals surface area contributed by atoms with Crippen LogP contribution in [0.2, 0.25) is 0 Å². The van der Waals surface area contributed by atoms with E-state index in [9.17, 15) is 17.6 Å². The van der Waals surface area contributed by atoms with Crippen LogP contribution in [0, 0.1) is 0 Å². The van der Waals surface area contributed by atoms with Crippen LogP contribution in [0.4, 0.5) is 17.6 Å². The van der Waals surface area contributed by atoms with Crippen molar-refractivity contribution in [3.05, 3.63) is 0 Å². The van der Waals surface area contributed by atoms with E-state index in [0.29, 0.717) is 11.8 Å². The van der Waals surface area contributed by atoms with Crippen LogP contribution in [0.3, 0.4) is 0 Å². The minimum Gasteiger partial charge on any atom is -0.312 e. The number of hydrogen-bond donors (Lipinski definition) is 0. The van der Waals surface area contributed by atoms with Gasteiger partial charge in [-0.25, -0.2) is 0 Å². The van der Waals surface area contributed by atoms with Gasteiger partial charge in [0.1, 0.15) is 11.9 Å². The van der Waals surface area contributed by atoms with Gasteiger partial charge in [-0.3, -0.25) is 0 Å². The Balaban J connectivity index is 2.91. The second-order valence-electron chi connectivity index (χ2n) is 1.29. The highest BCUT2D eigenvalue weighted by molar-refractivity contribution is 7.98. The molecule has 0 fully saturated rings. The van der Waals surface area contributed by atoms with Gasteiger partial charge in [-0.05, 0) is 0 Å². The molecule has 0 rings (SSSR count). The van der Waals surface area contributed by atoms with Crippen LogP contribution in [-0.2, 0) is 9.47 Å². The zero-order valence-corrected chi connectivity index (χ0v) is 6.12. The molecule has 11 heavy (non-hydrogen) atoms. The zero-order chi connectivity index (χ0) is 8.69. The highest BCUT2D eigenvalue weighted by Crippen LogP contribution is 2.07. The number of alkyl halides is 4. The van der Waals surface area contributed by atoms with Gasteiger partial charge in [-0.2, -0.15) is 17.6 Å². The van der Waals surface area contributed by atoms with Crippen molar-refractivity contribution in [2.24, 2.45) is 0 Å². The molecule has 0 N–H and O–H groups in total. The Morgan fingerprint density at radius 3 is 1.55 bits per heavy atom. The smallest absolute Gasteiger partial charge is 0.312 e. The molecule has 0 aliphatic rings. The summed E-state index contributed by atoms with van der Waals surface area (Å²) >= 11 is 0.705. The van der Waals surface area contributed by atoms with E-state index in [1.54, 1.807) is 0 Å². The van der Waals surface area contributed by atoms with E-state index >= 15 is 0 Å². The van der Waals surface area contributed by atoms with Crippen molar-refractivity contribution in [2.75, 3.05) is 11.9 Å². The quantitative estimate of drug-likeness (QED) is 0.366. The van der Waals surface area contributed by atoms with Crippen LogP contribution in [0.25, 0.3) is 0 Å². The van der Waals surface area contributed by atoms with Crippen LogP contribution >= 0.6 is 11.8 Å². The second kappa shape index (κ2) is 6.68. The molecule has 0 aromatic carbocycles. The van der Waals surface area contributed by atoms with Crippen molar-refractivity contribution in [2.45, 2.75) is 13.2 Å². The molecule has 7 heteroatoms. The van der Waals surface area contributed by atoms with E-state index in [1.165, 1.54) is 0 Å². The third-order valence-corrected chi connectivity index (χ3v) is 1.16. The Kier molecular flexibility index (Phi) is 6.68. The van der Waals surface area contributed by atoms with E-state index in [4.69, 9.17) is 0 Å². The van der Waals surface area contributed by atoms with Gasteiger partial charge < -0.3 is 9.47 Å². The lowest BCUT2D eigenvalue weighted by atomic mass is 11.4. The fourth-order valence-corrected chi connectivity index (χ4v) is 0.699. The van der Waals surface area contributed by atoms with Crippen LogP contribution in [-0.4, -0.2) is 25.1 Å². The Morgan fingerprint density at radius 2 is 1.27 bits per heavy atom. The fraction of sp³-hybridized carbons (Fsp3) is 1.00. The third kappa shape index (κ3) is 9.99. The number of halogens is 4. The molecule has 0 aromatic heterocycles. The van der Waals surface area contributed by atoms with Crippen LogP contribution < -0.4 is 0 Å². The van der Waals surface area contributed by atoms with Gasteiger partial charge >= 0.3 is 13.2 Å². The molecule has 2 nitrogen and oxygen atoms in total. The van der Waals surface area contributed by atoms with Crippen LogP contribution in [0.1, 0.15) is 0 Å². The van der Waals surface area contributed by atoms with Crippen molar-refractivity contribution in [1.82, 2.24) is 0 Å². The summed E-state index contributed by atoms with van der Waals surface area (Å²) in [6, 6.07) is 0. The summed E-state index contributed by atoms with van der Waals surface area (Å²) in [4.78, 5) is 0. The summed E-state index contributed by atoms with van der Waals surface area (Å²) in [7, 11) is 0. The van der Waals surface area contributed by atoms with Crippen molar-refractivity contribution >= 4 is 11.8 Å². The zero-order valence-electron chi connectivity index (χ0n) is 5.31. The third-order valence-electron chi connectivity index (χ3n) is 0.555. The lowest BCUT2D eigenvalue weighted by Gasteiger charge is -2.02. The molecule has 0 saturated heterocycles. The first kappa shape index (κ1) is 11.0. The summed E-state index contributed by atoms with van der Waals surface area (Å²) in [6.45, 7) is -5.73. The Hall–Kier alpha value is -0.0100. The average Bonchev–Trinajstić information content (AvgIpc) is 1.85. The molecular formula is C4H6F4O2S. The van der Waals surface area contributed by atoms with Crippen LogP contribution in [0.15, 0.2) is 0 Å². The number of thioether (sulfide) groups is 1. The van der Waals surface area contributed by atoms with Gasteiger partial charge in [0.15, 0.2) is 0 Å². The van der Waals surface area contributed by atoms with Crippen molar-refractivity contribution in [3.8, 4) is 0 Å². The molecule has 0 aliphatic carbocycles. The van der Waals surface area contributed by atoms with E-state index in [-0.39, 0.29) is 11.9 Å². The van der Waals surface area contributed by atoms with Gasteiger partial charge in [0.05, 0.1) is 0 Å². The SMILES string of the molecule is FC(F)OCSCOC(F)F. The molecule has 0 aromatic rings. The fourth-order valence-electron chi connectivity index (χ4n) is 0.233. The Labute approximate surface area is 64.8 Å². The van der Waals surface area contributed by atoms with E-state index in [2.05, 4.69) is 9.47 Å². The largest absolute Gasteiger partial charge is 0.346 e. The van der Waals surface area contributed by atoms with Crippen molar-refractivity contribution in [1.29, 1.82) is 0 Å². The maximum absolute atomic E-state index is 11.2. The number of rotatable bonds is 6. The lowest BCUT2D eigenvalue weighted by molar-refractivity contribution is -0.117. The molecule has 0 heterocycles. The topological polar surface area (TPSA) is 18.5 Å². The standard InChI is InChI=1S/C4H6F4O2S/c5-3(6)9-1-11-2-10-4(7)8/h3-4H,1-2H2. The van der Waals surface area contributed by atoms with E-state index < -0.39 is 13.2 Å². The molecule has 0 spiro atoms. The van der Waals surface area contributed by atoms with Crippen LogP contribution in [0.5, 0.6) is 0 Å². The molecule has 0 amide bonds. The monoisotopic (exact) mass is 194 g/mol. The molecular weight excluding hydrogens is 188 g/mol. The number of ether oxygens (including phenoxy) is 2. The molecule has 0 atom stereocenters. The Bertz CT molecular complexity index is 82.2. The first-order valence-corrected chi connectivity index (χ1v) is 3.65. The van der Waals surface area contributed by atoms with Crippen molar-refractivity contribution < 1.29 is 27.0 Å². The van der Waals surface area contributed by atoms with E-state index in [0.717, 1.165) is 0 Å². The molecule has 0 saturated carbocycles. The van der Waals surface area contributed by atoms with Crippen molar-refractivity contribution in [3.63, 3.8) is 0 Å².